The van der Waals surface area contributed by atoms with E-state index < -0.39 is 0 Å². The summed E-state index contributed by atoms with van der Waals surface area (Å²) < 4.78 is 16.4. The van der Waals surface area contributed by atoms with Crippen molar-refractivity contribution in [2.75, 3.05) is 26.5 Å². The number of amides is 1. The third kappa shape index (κ3) is 4.59. The quantitative estimate of drug-likeness (QED) is 0.512. The number of aromatic nitrogens is 3. The first-order valence-corrected chi connectivity index (χ1v) is 11.3. The third-order valence-corrected chi connectivity index (χ3v) is 6.46. The molecule has 0 saturated heterocycles. The van der Waals surface area contributed by atoms with Crippen molar-refractivity contribution in [2.45, 2.75) is 31.5 Å². The predicted octanol–water partition coefficient (Wildman–Crippen LogP) is 3.12. The number of fused-ring (bicyclic) bond motifs is 1. The van der Waals surface area contributed by atoms with Gasteiger partial charge in [-0.05, 0) is 36.6 Å². The zero-order valence-corrected chi connectivity index (χ0v) is 18.6. The SMILES string of the molecule is COc1cc2c(cc1OC)CN(C(=O)CSc1nnc(Cc3csc(C)n3)o1)CC2. The molecule has 0 fully saturated rings. The highest BCUT2D eigenvalue weighted by Crippen LogP contribution is 2.33. The highest BCUT2D eigenvalue weighted by molar-refractivity contribution is 7.99. The number of hydrogen-bond donors (Lipinski definition) is 0. The average Bonchev–Trinajstić information content (AvgIpc) is 3.39. The lowest BCUT2D eigenvalue weighted by Gasteiger charge is -2.29. The minimum Gasteiger partial charge on any atom is -0.493 e. The van der Waals surface area contributed by atoms with Gasteiger partial charge in [-0.1, -0.05) is 11.8 Å². The normalized spacial score (nSPS) is 13.2. The number of carbonyl (C=O) groups excluding carboxylic acids is 1. The Labute approximate surface area is 182 Å². The first-order valence-electron chi connectivity index (χ1n) is 9.43. The van der Waals surface area contributed by atoms with Crippen LogP contribution in [0.5, 0.6) is 11.5 Å². The van der Waals surface area contributed by atoms with Crippen LogP contribution in [-0.2, 0) is 24.2 Å². The molecule has 30 heavy (non-hydrogen) atoms. The Morgan fingerprint density at radius 3 is 2.70 bits per heavy atom. The summed E-state index contributed by atoms with van der Waals surface area (Å²) in [6.45, 7) is 3.17. The van der Waals surface area contributed by atoms with Crippen LogP contribution >= 0.6 is 23.1 Å². The van der Waals surface area contributed by atoms with Crippen molar-refractivity contribution < 1.29 is 18.7 Å². The monoisotopic (exact) mass is 446 g/mol. The largest absolute Gasteiger partial charge is 0.493 e. The van der Waals surface area contributed by atoms with E-state index in [9.17, 15) is 4.79 Å². The Balaban J connectivity index is 1.34. The molecule has 10 heteroatoms. The molecule has 0 N–H and O–H groups in total. The summed E-state index contributed by atoms with van der Waals surface area (Å²) in [6, 6.07) is 3.94. The lowest BCUT2D eigenvalue weighted by Crippen LogP contribution is -2.37. The first-order chi connectivity index (χ1) is 14.6. The second-order valence-electron chi connectivity index (χ2n) is 6.83. The maximum Gasteiger partial charge on any atom is 0.277 e. The molecule has 1 aliphatic heterocycles. The topological polar surface area (TPSA) is 90.6 Å². The minimum atomic E-state index is 0.0373. The van der Waals surface area contributed by atoms with Crippen molar-refractivity contribution in [1.29, 1.82) is 0 Å². The molecule has 0 unspecified atom stereocenters. The lowest BCUT2D eigenvalue weighted by molar-refractivity contribution is -0.129. The number of ether oxygens (including phenoxy) is 2. The zero-order chi connectivity index (χ0) is 21.1. The van der Waals surface area contributed by atoms with Crippen molar-refractivity contribution in [2.24, 2.45) is 0 Å². The standard InChI is InChI=1S/C20H22N4O4S2/c1-12-21-15(10-29-12)8-18-22-23-20(28-18)30-11-19(25)24-5-4-13-6-16(26-2)17(27-3)7-14(13)9-24/h6-7,10H,4-5,8-9,11H2,1-3H3. The Morgan fingerprint density at radius 1 is 1.23 bits per heavy atom. The van der Waals surface area contributed by atoms with Crippen LogP contribution in [0.15, 0.2) is 27.2 Å². The number of nitrogens with zero attached hydrogens (tertiary/aromatic N) is 4. The number of thiazole rings is 1. The average molecular weight is 447 g/mol. The second kappa shape index (κ2) is 9.05. The number of hydrogen-bond acceptors (Lipinski definition) is 9. The van der Waals surface area contributed by atoms with Gasteiger partial charge in [0.2, 0.25) is 11.8 Å². The molecule has 1 aliphatic rings. The van der Waals surface area contributed by atoms with Gasteiger partial charge in [0.25, 0.3) is 5.22 Å². The summed E-state index contributed by atoms with van der Waals surface area (Å²) >= 11 is 2.85. The third-order valence-electron chi connectivity index (χ3n) is 4.84. The predicted molar refractivity (Wildman–Crippen MR) is 113 cm³/mol. The van der Waals surface area contributed by atoms with Crippen LogP contribution in [0.2, 0.25) is 0 Å². The minimum absolute atomic E-state index is 0.0373. The van der Waals surface area contributed by atoms with Gasteiger partial charge in [0.15, 0.2) is 11.5 Å². The zero-order valence-electron chi connectivity index (χ0n) is 17.0. The van der Waals surface area contributed by atoms with Gasteiger partial charge < -0.3 is 18.8 Å². The summed E-state index contributed by atoms with van der Waals surface area (Å²) in [4.78, 5) is 19.0. The van der Waals surface area contributed by atoms with Crippen LogP contribution in [-0.4, -0.2) is 52.5 Å². The second-order valence-corrected chi connectivity index (χ2v) is 8.82. The fourth-order valence-electron chi connectivity index (χ4n) is 3.32. The molecule has 1 aromatic carbocycles. The van der Waals surface area contributed by atoms with E-state index in [1.165, 1.54) is 17.3 Å². The summed E-state index contributed by atoms with van der Waals surface area (Å²) in [5.41, 5.74) is 3.17. The van der Waals surface area contributed by atoms with Crippen molar-refractivity contribution in [3.8, 4) is 11.5 Å². The van der Waals surface area contributed by atoms with Gasteiger partial charge in [0, 0.05) is 18.5 Å². The Kier molecular flexibility index (Phi) is 6.24. The molecule has 0 radical (unpaired) electrons. The van der Waals surface area contributed by atoms with Gasteiger partial charge in [-0.25, -0.2) is 4.98 Å². The van der Waals surface area contributed by atoms with Gasteiger partial charge in [-0.15, -0.1) is 21.5 Å². The molecular formula is C20H22N4O4S2. The van der Waals surface area contributed by atoms with E-state index in [-0.39, 0.29) is 11.7 Å². The number of carbonyl (C=O) groups is 1. The molecule has 4 rings (SSSR count). The molecule has 1 amide bonds. The number of aryl methyl sites for hydroxylation is 1. The number of benzene rings is 1. The van der Waals surface area contributed by atoms with E-state index in [1.807, 2.05) is 29.3 Å². The molecule has 158 valence electrons. The van der Waals surface area contributed by atoms with E-state index in [0.29, 0.717) is 42.1 Å². The molecule has 0 saturated carbocycles. The summed E-state index contributed by atoms with van der Waals surface area (Å²) in [7, 11) is 3.24. The lowest BCUT2D eigenvalue weighted by atomic mass is 9.99. The van der Waals surface area contributed by atoms with Crippen molar-refractivity contribution >= 4 is 29.0 Å². The van der Waals surface area contributed by atoms with Gasteiger partial charge in [0.1, 0.15) is 0 Å². The van der Waals surface area contributed by atoms with Gasteiger partial charge in [0.05, 0.1) is 37.1 Å². The number of rotatable bonds is 7. The van der Waals surface area contributed by atoms with Crippen molar-refractivity contribution in [1.82, 2.24) is 20.1 Å². The molecule has 8 nitrogen and oxygen atoms in total. The maximum atomic E-state index is 12.7. The van der Waals surface area contributed by atoms with E-state index in [2.05, 4.69) is 15.2 Å². The van der Waals surface area contributed by atoms with E-state index in [0.717, 1.165) is 22.7 Å². The molecule has 0 spiro atoms. The van der Waals surface area contributed by atoms with Crippen LogP contribution in [0.25, 0.3) is 0 Å². The van der Waals surface area contributed by atoms with Gasteiger partial charge in [-0.3, -0.25) is 4.79 Å². The molecule has 0 aliphatic carbocycles. The van der Waals surface area contributed by atoms with Crippen LogP contribution < -0.4 is 9.47 Å². The Hall–Kier alpha value is -2.59. The van der Waals surface area contributed by atoms with Crippen LogP contribution in [0.3, 0.4) is 0 Å². The fraction of sp³-hybridized carbons (Fsp3) is 0.400. The molecule has 0 atom stereocenters. The van der Waals surface area contributed by atoms with Crippen molar-refractivity contribution in [3.05, 3.63) is 45.2 Å². The summed E-state index contributed by atoms with van der Waals surface area (Å²) in [6.07, 6.45) is 1.28. The fourth-order valence-corrected chi connectivity index (χ4v) is 4.62. The van der Waals surface area contributed by atoms with E-state index >= 15 is 0 Å². The van der Waals surface area contributed by atoms with E-state index in [4.69, 9.17) is 13.9 Å². The number of thioether (sulfide) groups is 1. The van der Waals surface area contributed by atoms with Crippen LogP contribution in [0, 0.1) is 6.92 Å². The molecule has 3 aromatic rings. The Bertz CT molecular complexity index is 1050. The summed E-state index contributed by atoms with van der Waals surface area (Å²) in [5.74, 6) is 2.18. The highest BCUT2D eigenvalue weighted by Gasteiger charge is 2.23. The highest BCUT2D eigenvalue weighted by atomic mass is 32.2. The molecule has 0 bridgehead atoms. The maximum absolute atomic E-state index is 12.7. The molecular weight excluding hydrogens is 424 g/mol. The molecule has 2 aromatic heterocycles. The van der Waals surface area contributed by atoms with Crippen LogP contribution in [0.1, 0.15) is 27.7 Å². The summed E-state index contributed by atoms with van der Waals surface area (Å²) in [5, 5.41) is 11.5. The van der Waals surface area contributed by atoms with E-state index in [1.54, 1.807) is 25.6 Å². The van der Waals surface area contributed by atoms with Gasteiger partial charge in [-0.2, -0.15) is 0 Å². The van der Waals surface area contributed by atoms with Crippen molar-refractivity contribution in [3.63, 3.8) is 0 Å². The molecule has 3 heterocycles. The van der Waals surface area contributed by atoms with Crippen LogP contribution in [0.4, 0.5) is 0 Å². The van der Waals surface area contributed by atoms with Gasteiger partial charge >= 0.3 is 0 Å². The Morgan fingerprint density at radius 2 is 2.00 bits per heavy atom. The number of methoxy groups -OCH3 is 2. The first kappa shape index (κ1) is 20.7. The smallest absolute Gasteiger partial charge is 0.277 e.